The van der Waals surface area contributed by atoms with Gasteiger partial charge in [-0.1, -0.05) is 12.1 Å². The molecule has 0 aliphatic carbocycles. The highest BCUT2D eigenvalue weighted by Crippen LogP contribution is 2.19. The van der Waals surface area contributed by atoms with E-state index in [0.717, 1.165) is 29.4 Å². The Balaban J connectivity index is 1.70. The van der Waals surface area contributed by atoms with Crippen LogP contribution in [0.15, 0.2) is 30.5 Å². The molecule has 0 radical (unpaired) electrons. The number of nitrogens with zero attached hydrogens (tertiary/aromatic N) is 2. The third-order valence-corrected chi connectivity index (χ3v) is 4.45. The fraction of sp³-hybridized carbons (Fsp3) is 0.333. The minimum Gasteiger partial charge on any atom is -0.344 e. The van der Waals surface area contributed by atoms with Gasteiger partial charge in [0.25, 0.3) is 5.91 Å². The number of carbonyl (C=O) groups excluding carboxylic acids is 1. The molecule has 6 heteroatoms. The molecular weight excluding hydrogens is 289 g/mol. The van der Waals surface area contributed by atoms with E-state index in [1.807, 2.05) is 29.4 Å². The van der Waals surface area contributed by atoms with Gasteiger partial charge in [-0.25, -0.2) is 9.37 Å². The summed E-state index contributed by atoms with van der Waals surface area (Å²) in [7, 11) is 0. The molecule has 2 heterocycles. The van der Waals surface area contributed by atoms with Crippen molar-refractivity contribution in [3.8, 4) is 0 Å². The highest BCUT2D eigenvalue weighted by molar-refractivity contribution is 7.98. The molecule has 4 nitrogen and oxygen atoms in total. The molecule has 0 bridgehead atoms. The van der Waals surface area contributed by atoms with Crippen molar-refractivity contribution < 1.29 is 9.18 Å². The number of rotatable bonds is 3. The molecule has 3 rings (SSSR count). The number of hydrogen-bond acceptors (Lipinski definition) is 3. The number of halogens is 1. The van der Waals surface area contributed by atoms with Crippen LogP contribution in [0.5, 0.6) is 0 Å². The summed E-state index contributed by atoms with van der Waals surface area (Å²) in [5, 5.41) is 2.90. The molecule has 110 valence electrons. The van der Waals surface area contributed by atoms with Crippen molar-refractivity contribution in [1.29, 1.82) is 0 Å². The van der Waals surface area contributed by atoms with E-state index in [1.54, 1.807) is 12.1 Å². The van der Waals surface area contributed by atoms with E-state index in [2.05, 4.69) is 10.3 Å². The number of fused-ring (bicyclic) bond motifs is 1. The topological polar surface area (TPSA) is 46.9 Å². The van der Waals surface area contributed by atoms with Crippen molar-refractivity contribution in [2.75, 3.05) is 5.75 Å². The summed E-state index contributed by atoms with van der Waals surface area (Å²) in [6.07, 6.45) is 1.81. The average Bonchev–Trinajstić information content (AvgIpc) is 2.92. The van der Waals surface area contributed by atoms with E-state index in [1.165, 1.54) is 12.1 Å². The number of aryl methyl sites for hydroxylation is 1. The van der Waals surface area contributed by atoms with Crippen LogP contribution in [-0.2, 0) is 12.3 Å². The normalized spacial score (nSPS) is 15.3. The number of hydrogen-bond donors (Lipinski definition) is 1. The molecular formula is C15H16FN3OS. The Morgan fingerprint density at radius 2 is 2.19 bits per heavy atom. The van der Waals surface area contributed by atoms with Gasteiger partial charge in [0.1, 0.15) is 17.3 Å². The largest absolute Gasteiger partial charge is 0.344 e. The van der Waals surface area contributed by atoms with Crippen LogP contribution in [-0.4, -0.2) is 21.2 Å². The molecule has 1 aromatic heterocycles. The highest BCUT2D eigenvalue weighted by atomic mass is 32.2. The molecule has 0 fully saturated rings. The van der Waals surface area contributed by atoms with Crippen molar-refractivity contribution in [3.63, 3.8) is 0 Å². The lowest BCUT2D eigenvalue weighted by molar-refractivity contribution is 0.0935. The second-order valence-electron chi connectivity index (χ2n) is 5.04. The molecule has 2 aromatic rings. The summed E-state index contributed by atoms with van der Waals surface area (Å²) < 4.78 is 14.9. The third kappa shape index (κ3) is 3.10. The monoisotopic (exact) mass is 305 g/mol. The van der Waals surface area contributed by atoms with Crippen LogP contribution >= 0.6 is 11.8 Å². The Hall–Kier alpha value is -1.82. The molecule has 21 heavy (non-hydrogen) atoms. The average molecular weight is 305 g/mol. The quantitative estimate of drug-likeness (QED) is 0.948. The van der Waals surface area contributed by atoms with Gasteiger partial charge in [0.05, 0.1) is 11.8 Å². The van der Waals surface area contributed by atoms with Crippen LogP contribution in [0.1, 0.15) is 34.8 Å². The van der Waals surface area contributed by atoms with Gasteiger partial charge in [-0.15, -0.1) is 0 Å². The minimum atomic E-state index is -0.281. The lowest BCUT2D eigenvalue weighted by atomic mass is 10.1. The van der Waals surface area contributed by atoms with Crippen LogP contribution in [0.2, 0.25) is 0 Å². The first-order chi connectivity index (χ1) is 10.1. The van der Waals surface area contributed by atoms with Gasteiger partial charge in [0, 0.05) is 18.5 Å². The highest BCUT2D eigenvalue weighted by Gasteiger charge is 2.18. The van der Waals surface area contributed by atoms with Crippen molar-refractivity contribution in [1.82, 2.24) is 14.9 Å². The number of aromatic nitrogens is 2. The molecule has 1 aliphatic heterocycles. The van der Waals surface area contributed by atoms with Gasteiger partial charge in [-0.2, -0.15) is 11.8 Å². The van der Waals surface area contributed by atoms with Gasteiger partial charge in [0.2, 0.25) is 0 Å². The van der Waals surface area contributed by atoms with Crippen molar-refractivity contribution >= 4 is 17.7 Å². The fourth-order valence-electron chi connectivity index (χ4n) is 2.30. The van der Waals surface area contributed by atoms with Gasteiger partial charge in [-0.3, -0.25) is 4.79 Å². The Morgan fingerprint density at radius 3 is 2.90 bits per heavy atom. The van der Waals surface area contributed by atoms with Crippen LogP contribution in [0, 0.1) is 5.82 Å². The SMILES string of the molecule is C[C@H](NC(=O)c1cn2c(n1)CSCC2)c1ccc(F)cc1. The predicted molar refractivity (Wildman–Crippen MR) is 80.7 cm³/mol. The van der Waals surface area contributed by atoms with E-state index < -0.39 is 0 Å². The smallest absolute Gasteiger partial charge is 0.271 e. The number of carbonyl (C=O) groups is 1. The van der Waals surface area contributed by atoms with Gasteiger partial charge < -0.3 is 9.88 Å². The summed E-state index contributed by atoms with van der Waals surface area (Å²) in [5.41, 5.74) is 1.31. The van der Waals surface area contributed by atoms with E-state index in [0.29, 0.717) is 5.69 Å². The molecule has 1 N–H and O–H groups in total. The van der Waals surface area contributed by atoms with Crippen LogP contribution in [0.25, 0.3) is 0 Å². The molecule has 1 aromatic carbocycles. The molecule has 0 saturated carbocycles. The molecule has 0 spiro atoms. The van der Waals surface area contributed by atoms with Crippen molar-refractivity contribution in [2.45, 2.75) is 25.3 Å². The molecule has 1 atom stereocenters. The molecule has 1 aliphatic rings. The van der Waals surface area contributed by atoms with Gasteiger partial charge in [-0.05, 0) is 24.6 Å². The second-order valence-corrected chi connectivity index (χ2v) is 6.14. The molecule has 1 amide bonds. The number of nitrogens with one attached hydrogen (secondary N) is 1. The van der Waals surface area contributed by atoms with E-state index in [4.69, 9.17) is 0 Å². The zero-order valence-corrected chi connectivity index (χ0v) is 12.5. The maximum Gasteiger partial charge on any atom is 0.271 e. The first-order valence-electron chi connectivity index (χ1n) is 6.83. The minimum absolute atomic E-state index is 0.189. The number of benzene rings is 1. The lowest BCUT2D eigenvalue weighted by Crippen LogP contribution is -2.27. The Labute approximate surface area is 126 Å². The predicted octanol–water partition coefficient (Wildman–Crippen LogP) is 2.76. The number of amides is 1. The Morgan fingerprint density at radius 1 is 1.43 bits per heavy atom. The van der Waals surface area contributed by atoms with Crippen LogP contribution < -0.4 is 5.32 Å². The first-order valence-corrected chi connectivity index (χ1v) is 7.99. The van der Waals surface area contributed by atoms with E-state index >= 15 is 0 Å². The van der Waals surface area contributed by atoms with Crippen LogP contribution in [0.4, 0.5) is 4.39 Å². The summed E-state index contributed by atoms with van der Waals surface area (Å²) >= 11 is 1.82. The summed E-state index contributed by atoms with van der Waals surface area (Å²) in [5.74, 6) is 2.37. The van der Waals surface area contributed by atoms with Gasteiger partial charge in [0.15, 0.2) is 0 Å². The second kappa shape index (κ2) is 5.89. The molecule has 0 unspecified atom stereocenters. The fourth-order valence-corrected chi connectivity index (χ4v) is 3.19. The van der Waals surface area contributed by atoms with E-state index in [-0.39, 0.29) is 17.8 Å². The Bertz CT molecular complexity index is 630. The zero-order chi connectivity index (χ0) is 14.8. The zero-order valence-electron chi connectivity index (χ0n) is 11.7. The third-order valence-electron chi connectivity index (χ3n) is 3.52. The summed E-state index contributed by atoms with van der Waals surface area (Å²) in [4.78, 5) is 16.6. The summed E-state index contributed by atoms with van der Waals surface area (Å²) in [6.45, 7) is 2.77. The van der Waals surface area contributed by atoms with E-state index in [9.17, 15) is 9.18 Å². The maximum absolute atomic E-state index is 12.9. The van der Waals surface area contributed by atoms with Crippen molar-refractivity contribution in [3.05, 3.63) is 53.4 Å². The maximum atomic E-state index is 12.9. The van der Waals surface area contributed by atoms with Gasteiger partial charge >= 0.3 is 0 Å². The Kier molecular flexibility index (Phi) is 3.96. The molecule has 0 saturated heterocycles. The van der Waals surface area contributed by atoms with Crippen molar-refractivity contribution in [2.24, 2.45) is 0 Å². The summed E-state index contributed by atoms with van der Waals surface area (Å²) in [6, 6.07) is 5.95. The number of imidazole rings is 1. The van der Waals surface area contributed by atoms with Crippen LogP contribution in [0.3, 0.4) is 0 Å². The standard InChI is InChI=1S/C15H16FN3OS/c1-10(11-2-4-12(16)5-3-11)17-15(20)13-8-19-6-7-21-9-14(19)18-13/h2-5,8,10H,6-7,9H2,1H3,(H,17,20)/t10-/m0/s1. The lowest BCUT2D eigenvalue weighted by Gasteiger charge is -2.13. The number of thioether (sulfide) groups is 1. The first kappa shape index (κ1) is 14.1.